The number of aliphatic hydroxyl groups is 1. The van der Waals surface area contributed by atoms with Gasteiger partial charge in [-0.15, -0.1) is 0 Å². The molecule has 0 spiro atoms. The molecule has 0 aromatic heterocycles. The maximum absolute atomic E-state index is 14.0. The molecule has 4 N–H and O–H groups in total. The van der Waals surface area contributed by atoms with Crippen LogP contribution < -0.4 is 10.5 Å². The molecule has 0 heterocycles. The lowest BCUT2D eigenvalue weighted by atomic mass is 10.0. The van der Waals surface area contributed by atoms with E-state index in [-0.39, 0.29) is 21.7 Å². The molecule has 9 heteroatoms. The Balaban J connectivity index is 3.10. The molecule has 0 aliphatic rings. The van der Waals surface area contributed by atoms with Gasteiger partial charge in [-0.25, -0.2) is 17.5 Å². The molecule has 0 aliphatic carbocycles. The van der Waals surface area contributed by atoms with Crippen LogP contribution in [0.1, 0.15) is 26.7 Å². The minimum absolute atomic E-state index is 0.0189. The number of benzene rings is 1. The Kier molecular flexibility index (Phi) is 6.02. The lowest BCUT2D eigenvalue weighted by Crippen LogP contribution is -2.40. The summed E-state index contributed by atoms with van der Waals surface area (Å²) in [5, 5.41) is 9.95. The average Bonchev–Trinajstić information content (AvgIpc) is 2.38. The Morgan fingerprint density at radius 1 is 1.57 bits per heavy atom. The van der Waals surface area contributed by atoms with Crippen molar-refractivity contribution in [3.8, 4) is 0 Å². The summed E-state index contributed by atoms with van der Waals surface area (Å²) >= 11 is 8.77. The first-order chi connectivity index (χ1) is 9.52. The molecule has 1 atom stereocenters. The van der Waals surface area contributed by atoms with Crippen LogP contribution in [0.25, 0.3) is 0 Å². The van der Waals surface area contributed by atoms with E-state index in [4.69, 9.17) is 17.3 Å². The number of nitrogens with two attached hydrogens (primary N) is 1. The third-order valence-corrected chi connectivity index (χ3v) is 5.66. The number of anilines is 1. The summed E-state index contributed by atoms with van der Waals surface area (Å²) in [5.41, 5.74) is 3.86. The molecule has 1 aromatic rings. The van der Waals surface area contributed by atoms with Gasteiger partial charge in [0.15, 0.2) is 5.82 Å². The Bertz CT molecular complexity index is 638. The molecule has 0 aliphatic heterocycles. The molecular formula is C12H17BrClFN2O3S. The van der Waals surface area contributed by atoms with E-state index in [0.717, 1.165) is 6.07 Å². The molecule has 0 bridgehead atoms. The quantitative estimate of drug-likeness (QED) is 0.503. The van der Waals surface area contributed by atoms with E-state index in [0.29, 0.717) is 12.8 Å². The van der Waals surface area contributed by atoms with Crippen molar-refractivity contribution in [2.75, 3.05) is 12.3 Å². The number of sulfonamides is 1. The highest BCUT2D eigenvalue weighted by Gasteiger charge is 2.27. The molecule has 1 rings (SSSR count). The van der Waals surface area contributed by atoms with E-state index in [1.807, 2.05) is 6.92 Å². The number of rotatable bonds is 6. The highest BCUT2D eigenvalue weighted by atomic mass is 79.9. The van der Waals surface area contributed by atoms with Crippen LogP contribution in [-0.2, 0) is 10.0 Å². The smallest absolute Gasteiger partial charge is 0.243 e. The Morgan fingerprint density at radius 3 is 2.67 bits per heavy atom. The monoisotopic (exact) mass is 402 g/mol. The van der Waals surface area contributed by atoms with E-state index in [2.05, 4.69) is 20.7 Å². The normalized spacial score (nSPS) is 15.0. The van der Waals surface area contributed by atoms with Crippen molar-refractivity contribution < 1.29 is 17.9 Å². The lowest BCUT2D eigenvalue weighted by Gasteiger charge is -2.23. The van der Waals surface area contributed by atoms with Crippen LogP contribution in [0.3, 0.4) is 0 Å². The average molecular weight is 404 g/mol. The second kappa shape index (κ2) is 6.78. The third-order valence-electron chi connectivity index (χ3n) is 2.88. The fraction of sp³-hybridized carbons (Fsp3) is 0.500. The van der Waals surface area contributed by atoms with Crippen LogP contribution in [0.5, 0.6) is 0 Å². The van der Waals surface area contributed by atoms with Crippen molar-refractivity contribution in [3.63, 3.8) is 0 Å². The van der Waals surface area contributed by atoms with Gasteiger partial charge in [-0.3, -0.25) is 0 Å². The molecule has 5 nitrogen and oxygen atoms in total. The van der Waals surface area contributed by atoms with Gasteiger partial charge in [0.1, 0.15) is 4.90 Å². The fourth-order valence-electron chi connectivity index (χ4n) is 1.75. The molecule has 0 saturated carbocycles. The topological polar surface area (TPSA) is 92.4 Å². The summed E-state index contributed by atoms with van der Waals surface area (Å²) in [5.74, 6) is -1.09. The maximum Gasteiger partial charge on any atom is 0.243 e. The summed E-state index contributed by atoms with van der Waals surface area (Å²) < 4.78 is 40.5. The van der Waals surface area contributed by atoms with Gasteiger partial charge in [0, 0.05) is 6.54 Å². The predicted octanol–water partition coefficient (Wildman–Crippen LogP) is 2.65. The predicted molar refractivity (Wildman–Crippen MR) is 84.2 cm³/mol. The standard InChI is InChI=1S/C12H17BrClFN2O3S/c1-3-4-12(2,18)6-17-21(19,20)8-5-7(14)9(13)11(16)10(8)15/h5,17-18H,3-4,6,16H2,1-2H3. The first-order valence-electron chi connectivity index (χ1n) is 6.17. The molecule has 0 radical (unpaired) electrons. The number of nitrogens with one attached hydrogen (secondary N) is 1. The van der Waals surface area contributed by atoms with Crippen molar-refractivity contribution in [1.82, 2.24) is 4.72 Å². The highest BCUT2D eigenvalue weighted by molar-refractivity contribution is 9.10. The van der Waals surface area contributed by atoms with E-state index >= 15 is 0 Å². The number of hydrogen-bond donors (Lipinski definition) is 3. The Morgan fingerprint density at radius 2 is 2.14 bits per heavy atom. The van der Waals surface area contributed by atoms with Crippen molar-refractivity contribution in [2.24, 2.45) is 0 Å². The number of nitrogen functional groups attached to an aromatic ring is 1. The Hall–Kier alpha value is -0.410. The van der Waals surface area contributed by atoms with Crippen molar-refractivity contribution in [3.05, 3.63) is 21.4 Å². The molecule has 21 heavy (non-hydrogen) atoms. The molecule has 0 saturated heterocycles. The van der Waals surface area contributed by atoms with Crippen molar-refractivity contribution in [1.29, 1.82) is 0 Å². The van der Waals surface area contributed by atoms with Crippen LogP contribution in [0.4, 0.5) is 10.1 Å². The molecule has 1 aromatic carbocycles. The second-order valence-electron chi connectivity index (χ2n) is 4.97. The molecule has 0 fully saturated rings. The van der Waals surface area contributed by atoms with Crippen molar-refractivity contribution in [2.45, 2.75) is 37.2 Å². The summed E-state index contributed by atoms with van der Waals surface area (Å²) in [6, 6.07) is 0.966. The lowest BCUT2D eigenvalue weighted by molar-refractivity contribution is 0.0554. The highest BCUT2D eigenvalue weighted by Crippen LogP contribution is 2.34. The van der Waals surface area contributed by atoms with Gasteiger partial charge < -0.3 is 10.8 Å². The number of hydrogen-bond acceptors (Lipinski definition) is 4. The second-order valence-corrected chi connectivity index (χ2v) is 7.91. The van der Waals surface area contributed by atoms with Crippen LogP contribution in [0.15, 0.2) is 15.4 Å². The van der Waals surface area contributed by atoms with E-state index in [1.54, 1.807) is 0 Å². The third kappa shape index (κ3) is 4.53. The van der Waals surface area contributed by atoms with E-state index in [1.165, 1.54) is 6.92 Å². The van der Waals surface area contributed by atoms with Crippen LogP contribution in [-0.4, -0.2) is 25.7 Å². The van der Waals surface area contributed by atoms with Gasteiger partial charge in [0.25, 0.3) is 0 Å². The largest absolute Gasteiger partial charge is 0.395 e. The maximum atomic E-state index is 14.0. The van der Waals surface area contributed by atoms with Crippen LogP contribution in [0.2, 0.25) is 5.02 Å². The Labute approximate surface area is 136 Å². The zero-order valence-corrected chi connectivity index (χ0v) is 14.7. The van der Waals surface area contributed by atoms with Crippen molar-refractivity contribution >= 4 is 43.2 Å². The zero-order valence-electron chi connectivity index (χ0n) is 11.6. The molecule has 0 amide bonds. The molecule has 120 valence electrons. The molecule has 1 unspecified atom stereocenters. The van der Waals surface area contributed by atoms with E-state index < -0.39 is 26.3 Å². The minimum atomic E-state index is -4.17. The van der Waals surface area contributed by atoms with Gasteiger partial charge in [-0.05, 0) is 35.3 Å². The fourth-order valence-corrected chi connectivity index (χ4v) is 3.59. The minimum Gasteiger partial charge on any atom is -0.395 e. The van der Waals surface area contributed by atoms with Gasteiger partial charge in [-0.1, -0.05) is 24.9 Å². The SMILES string of the molecule is CCCC(C)(O)CNS(=O)(=O)c1cc(Cl)c(Br)c(N)c1F. The van der Waals surface area contributed by atoms with Crippen LogP contribution in [0, 0.1) is 5.82 Å². The van der Waals surface area contributed by atoms with Gasteiger partial charge >= 0.3 is 0 Å². The van der Waals surface area contributed by atoms with Gasteiger partial charge in [0.05, 0.1) is 20.8 Å². The molecular weight excluding hydrogens is 387 g/mol. The first-order valence-corrected chi connectivity index (χ1v) is 8.82. The van der Waals surface area contributed by atoms with Gasteiger partial charge in [-0.2, -0.15) is 0 Å². The van der Waals surface area contributed by atoms with Crippen LogP contribution >= 0.6 is 27.5 Å². The summed E-state index contributed by atoms with van der Waals surface area (Å²) in [4.78, 5) is -0.652. The summed E-state index contributed by atoms with van der Waals surface area (Å²) in [6.07, 6.45) is 1.08. The summed E-state index contributed by atoms with van der Waals surface area (Å²) in [6.45, 7) is 3.12. The summed E-state index contributed by atoms with van der Waals surface area (Å²) in [7, 11) is -4.17. The van der Waals surface area contributed by atoms with Gasteiger partial charge in [0.2, 0.25) is 10.0 Å². The number of halogens is 3. The first kappa shape index (κ1) is 18.6. The zero-order chi connectivity index (χ0) is 16.4. The van der Waals surface area contributed by atoms with E-state index in [9.17, 15) is 17.9 Å².